The van der Waals surface area contributed by atoms with E-state index >= 15 is 0 Å². The van der Waals surface area contributed by atoms with E-state index in [2.05, 4.69) is 31.4 Å². The van der Waals surface area contributed by atoms with Crippen LogP contribution in [0.1, 0.15) is 31.9 Å². The van der Waals surface area contributed by atoms with Gasteiger partial charge < -0.3 is 20.3 Å². The molecule has 4 aromatic rings. The van der Waals surface area contributed by atoms with Gasteiger partial charge in [0.25, 0.3) is 0 Å². The highest BCUT2D eigenvalue weighted by Gasteiger charge is 2.23. The van der Waals surface area contributed by atoms with Gasteiger partial charge in [0, 0.05) is 24.7 Å². The van der Waals surface area contributed by atoms with Gasteiger partial charge in [-0.25, -0.2) is 4.98 Å². The Morgan fingerprint density at radius 2 is 1.80 bits per heavy atom. The van der Waals surface area contributed by atoms with Crippen molar-refractivity contribution in [2.75, 3.05) is 30.9 Å². The fraction of sp³-hybridized carbons (Fsp3) is 0.346. The summed E-state index contributed by atoms with van der Waals surface area (Å²) in [6.45, 7) is 9.05. The summed E-state index contributed by atoms with van der Waals surface area (Å²) >= 11 is 1.45. The molecule has 9 heteroatoms. The molecule has 0 aliphatic heterocycles. The summed E-state index contributed by atoms with van der Waals surface area (Å²) in [7, 11) is 3.52. The van der Waals surface area contributed by atoms with Gasteiger partial charge in [-0.1, -0.05) is 41.2 Å². The molecule has 184 valence electrons. The fourth-order valence-electron chi connectivity index (χ4n) is 3.56. The number of carbonyl (C=O) groups excluding carboxylic acids is 1. The number of ether oxygens (including phenoxy) is 1. The van der Waals surface area contributed by atoms with Crippen LogP contribution in [0.25, 0.3) is 16.2 Å². The van der Waals surface area contributed by atoms with E-state index in [0.717, 1.165) is 38.5 Å². The quantitative estimate of drug-likeness (QED) is 0.370. The van der Waals surface area contributed by atoms with Crippen LogP contribution in [0, 0.1) is 6.92 Å². The Hall–Kier alpha value is -3.59. The Labute approximate surface area is 209 Å². The molecule has 2 aromatic heterocycles. The molecule has 0 spiro atoms. The first-order valence-electron chi connectivity index (χ1n) is 11.5. The first kappa shape index (κ1) is 24.5. The van der Waals surface area contributed by atoms with E-state index in [4.69, 9.17) is 14.8 Å². The Morgan fingerprint density at radius 3 is 2.43 bits per heavy atom. The second-order valence-corrected chi connectivity index (χ2v) is 10.5. The average Bonchev–Trinajstić information content (AvgIpc) is 3.37. The van der Waals surface area contributed by atoms with Gasteiger partial charge >= 0.3 is 0 Å². The van der Waals surface area contributed by atoms with Gasteiger partial charge in [0.2, 0.25) is 16.0 Å². The summed E-state index contributed by atoms with van der Waals surface area (Å²) in [5.41, 5.74) is 3.88. The number of likely N-dealkylation sites (N-methyl/N-ethyl adjacent to an activating group) is 1. The number of carbonyl (C=O) groups is 1. The molecule has 0 unspecified atom stereocenters. The lowest BCUT2D eigenvalue weighted by atomic mass is 10.1. The third-order valence-electron chi connectivity index (χ3n) is 5.37. The molecule has 0 saturated heterocycles. The lowest BCUT2D eigenvalue weighted by molar-refractivity contribution is -0.119. The summed E-state index contributed by atoms with van der Waals surface area (Å²) in [6, 6.07) is 16.0. The molecular formula is C26H32N6O2S. The van der Waals surface area contributed by atoms with Gasteiger partial charge in [-0.3, -0.25) is 4.79 Å². The molecule has 1 amide bonds. The summed E-state index contributed by atoms with van der Waals surface area (Å²) in [6.07, 6.45) is 0. The van der Waals surface area contributed by atoms with E-state index in [1.807, 2.05) is 71.9 Å². The molecule has 35 heavy (non-hydrogen) atoms. The zero-order valence-electron chi connectivity index (χ0n) is 21.0. The number of anilines is 2. The number of fused-ring (bicyclic) bond motifs is 1. The first-order valence-corrected chi connectivity index (χ1v) is 12.3. The number of hydrogen-bond acceptors (Lipinski definition) is 7. The predicted molar refractivity (Wildman–Crippen MR) is 143 cm³/mol. The number of nitrogens with zero attached hydrogens (tertiary/aromatic N) is 4. The SMILES string of the molecule is COc1ccc(-c2nc3sc(N(C)CC(=O)NCc4ccc(C)cc4)nn3c2NC(C)(C)C)cc1. The van der Waals surface area contributed by atoms with Gasteiger partial charge in [0.15, 0.2) is 5.82 Å². The van der Waals surface area contributed by atoms with Crippen molar-refractivity contribution in [1.82, 2.24) is 19.9 Å². The summed E-state index contributed by atoms with van der Waals surface area (Å²) in [5.74, 6) is 1.55. The largest absolute Gasteiger partial charge is 0.497 e. The van der Waals surface area contributed by atoms with Gasteiger partial charge in [-0.2, -0.15) is 4.52 Å². The van der Waals surface area contributed by atoms with Crippen molar-refractivity contribution in [1.29, 1.82) is 0 Å². The molecule has 2 N–H and O–H groups in total. The number of methoxy groups -OCH3 is 1. The maximum Gasteiger partial charge on any atom is 0.239 e. The van der Waals surface area contributed by atoms with Crippen molar-refractivity contribution in [3.05, 3.63) is 59.7 Å². The van der Waals surface area contributed by atoms with Crippen LogP contribution in [0.4, 0.5) is 10.9 Å². The third-order valence-corrected chi connectivity index (χ3v) is 6.39. The highest BCUT2D eigenvalue weighted by molar-refractivity contribution is 7.20. The minimum atomic E-state index is -0.192. The number of benzene rings is 2. The topological polar surface area (TPSA) is 83.8 Å². The molecule has 8 nitrogen and oxygen atoms in total. The standard InChI is InChI=1S/C26H32N6O2S/c1-17-7-9-18(10-8-17)15-27-21(33)16-31(5)25-30-32-23(29-26(2,3)4)22(28-24(32)35-25)19-11-13-20(34-6)14-12-19/h7-14,29H,15-16H2,1-6H3,(H,27,33). The lowest BCUT2D eigenvalue weighted by Gasteiger charge is -2.22. The van der Waals surface area contributed by atoms with E-state index < -0.39 is 0 Å². The van der Waals surface area contributed by atoms with Crippen LogP contribution in [-0.2, 0) is 11.3 Å². The number of amides is 1. The van der Waals surface area contributed by atoms with E-state index in [0.29, 0.717) is 6.54 Å². The smallest absolute Gasteiger partial charge is 0.239 e. The van der Waals surface area contributed by atoms with E-state index in [1.165, 1.54) is 16.9 Å². The van der Waals surface area contributed by atoms with Crippen LogP contribution in [-0.4, -0.2) is 46.7 Å². The number of hydrogen-bond donors (Lipinski definition) is 2. The molecule has 2 aromatic carbocycles. The van der Waals surface area contributed by atoms with E-state index in [1.54, 1.807) is 7.11 Å². The minimum absolute atomic E-state index is 0.0622. The van der Waals surface area contributed by atoms with Crippen LogP contribution in [0.5, 0.6) is 5.75 Å². The number of aryl methyl sites for hydroxylation is 1. The number of rotatable bonds is 8. The Morgan fingerprint density at radius 1 is 1.11 bits per heavy atom. The van der Waals surface area contributed by atoms with Crippen LogP contribution in [0.15, 0.2) is 48.5 Å². The van der Waals surface area contributed by atoms with Crippen molar-refractivity contribution in [3.63, 3.8) is 0 Å². The molecule has 0 aliphatic carbocycles. The molecule has 0 radical (unpaired) electrons. The van der Waals surface area contributed by atoms with Crippen molar-refractivity contribution < 1.29 is 9.53 Å². The zero-order chi connectivity index (χ0) is 25.2. The van der Waals surface area contributed by atoms with Crippen LogP contribution in [0.2, 0.25) is 0 Å². The third kappa shape index (κ3) is 5.92. The number of imidazole rings is 1. The first-order chi connectivity index (χ1) is 16.6. The van der Waals surface area contributed by atoms with Crippen LogP contribution < -0.4 is 20.3 Å². The summed E-state index contributed by atoms with van der Waals surface area (Å²) < 4.78 is 7.12. The number of aromatic nitrogens is 3. The van der Waals surface area contributed by atoms with Crippen molar-refractivity contribution in [2.24, 2.45) is 0 Å². The van der Waals surface area contributed by atoms with Crippen molar-refractivity contribution >= 4 is 33.2 Å². The number of nitrogens with one attached hydrogen (secondary N) is 2. The average molecular weight is 493 g/mol. The second-order valence-electron chi connectivity index (χ2n) is 9.61. The zero-order valence-corrected chi connectivity index (χ0v) is 21.9. The Kier molecular flexibility index (Phi) is 6.98. The highest BCUT2D eigenvalue weighted by Crippen LogP contribution is 2.35. The normalized spacial score (nSPS) is 11.5. The lowest BCUT2D eigenvalue weighted by Crippen LogP contribution is -2.34. The molecule has 0 aliphatic rings. The molecule has 0 atom stereocenters. The van der Waals surface area contributed by atoms with E-state index in [-0.39, 0.29) is 18.0 Å². The molecule has 4 rings (SSSR count). The molecule has 0 fully saturated rings. The Bertz CT molecular complexity index is 1300. The second kappa shape index (κ2) is 9.95. The molecule has 0 bridgehead atoms. The fourth-order valence-corrected chi connectivity index (χ4v) is 4.42. The van der Waals surface area contributed by atoms with Crippen LogP contribution in [0.3, 0.4) is 0 Å². The van der Waals surface area contributed by atoms with Crippen molar-refractivity contribution in [3.8, 4) is 17.0 Å². The van der Waals surface area contributed by atoms with Gasteiger partial charge in [0.05, 0.1) is 13.7 Å². The Balaban J connectivity index is 1.53. The summed E-state index contributed by atoms with van der Waals surface area (Å²) in [5, 5.41) is 12.0. The summed E-state index contributed by atoms with van der Waals surface area (Å²) in [4.78, 5) is 20.0. The molecular weight excluding hydrogens is 460 g/mol. The van der Waals surface area contributed by atoms with Gasteiger partial charge in [-0.05, 0) is 57.5 Å². The maximum atomic E-state index is 12.5. The van der Waals surface area contributed by atoms with E-state index in [9.17, 15) is 4.79 Å². The molecule has 2 heterocycles. The monoisotopic (exact) mass is 492 g/mol. The van der Waals surface area contributed by atoms with Gasteiger partial charge in [0.1, 0.15) is 11.4 Å². The predicted octanol–water partition coefficient (Wildman–Crippen LogP) is 4.74. The minimum Gasteiger partial charge on any atom is -0.497 e. The van der Waals surface area contributed by atoms with Gasteiger partial charge in [-0.15, -0.1) is 5.10 Å². The molecule has 0 saturated carbocycles. The van der Waals surface area contributed by atoms with Crippen molar-refractivity contribution in [2.45, 2.75) is 39.8 Å². The highest BCUT2D eigenvalue weighted by atomic mass is 32.1. The van der Waals surface area contributed by atoms with Crippen LogP contribution >= 0.6 is 11.3 Å². The maximum absolute atomic E-state index is 12.5.